The van der Waals surface area contributed by atoms with E-state index in [1.54, 1.807) is 0 Å². The molecule has 11 rings (SSSR count). The maximum Gasteiger partial charge on any atom is 0.136 e. The Labute approximate surface area is 270 Å². The van der Waals surface area contributed by atoms with E-state index in [1.165, 1.54) is 79.0 Å². The Bertz CT molecular complexity index is 3040. The zero-order chi connectivity index (χ0) is 29.9. The highest BCUT2D eigenvalue weighted by molar-refractivity contribution is 7.26. The molecule has 0 aliphatic rings. The molecule has 4 heterocycles. The lowest BCUT2D eigenvalue weighted by atomic mass is 9.98. The summed E-state index contributed by atoms with van der Waals surface area (Å²) < 4.78 is 14.0. The van der Waals surface area contributed by atoms with Crippen LogP contribution in [0.1, 0.15) is 0 Å². The van der Waals surface area contributed by atoms with E-state index >= 15 is 0 Å². The van der Waals surface area contributed by atoms with E-state index in [0.717, 1.165) is 21.9 Å². The van der Waals surface area contributed by atoms with E-state index in [1.807, 2.05) is 34.8 Å². The quantitative estimate of drug-likeness (QED) is 0.188. The third kappa shape index (κ3) is 3.35. The lowest BCUT2D eigenvalue weighted by molar-refractivity contribution is 0.669. The van der Waals surface area contributed by atoms with Crippen LogP contribution in [-0.4, -0.2) is 4.57 Å². The van der Waals surface area contributed by atoms with Crippen molar-refractivity contribution >= 4 is 107 Å². The Hall–Kier alpha value is -5.42. The normalized spacial score (nSPS) is 12.3. The van der Waals surface area contributed by atoms with E-state index in [-0.39, 0.29) is 0 Å². The lowest BCUT2D eigenvalue weighted by Crippen LogP contribution is -1.93. The first-order valence-electron chi connectivity index (χ1n) is 15.5. The van der Waals surface area contributed by atoms with Crippen molar-refractivity contribution in [2.24, 2.45) is 0 Å². The maximum atomic E-state index is 6.30. The second-order valence-corrected chi connectivity index (χ2v) is 14.3. The summed E-state index contributed by atoms with van der Waals surface area (Å²) >= 11 is 3.75. The fourth-order valence-corrected chi connectivity index (χ4v) is 9.79. The Morgan fingerprint density at radius 2 is 1.17 bits per heavy atom. The number of fused-ring (bicyclic) bond motifs is 12. The number of para-hydroxylation sites is 2. The van der Waals surface area contributed by atoms with Crippen LogP contribution in [0.3, 0.4) is 0 Å². The number of benzene rings is 7. The minimum atomic E-state index is 0.925. The molecule has 0 amide bonds. The van der Waals surface area contributed by atoms with Gasteiger partial charge in [0.1, 0.15) is 11.2 Å². The topological polar surface area (TPSA) is 18.1 Å². The van der Waals surface area contributed by atoms with Gasteiger partial charge in [-0.15, -0.1) is 22.7 Å². The fourth-order valence-electron chi connectivity index (χ4n) is 7.55. The van der Waals surface area contributed by atoms with Crippen molar-refractivity contribution in [3.05, 3.63) is 140 Å². The summed E-state index contributed by atoms with van der Waals surface area (Å²) in [5.74, 6) is 0. The number of rotatable bonds is 2. The van der Waals surface area contributed by atoms with E-state index in [9.17, 15) is 0 Å². The molecule has 0 aliphatic heterocycles. The maximum absolute atomic E-state index is 6.30. The van der Waals surface area contributed by atoms with Crippen molar-refractivity contribution in [2.45, 2.75) is 0 Å². The van der Waals surface area contributed by atoms with Crippen molar-refractivity contribution in [3.63, 3.8) is 0 Å². The molecule has 0 saturated heterocycles. The Morgan fingerprint density at radius 1 is 0.413 bits per heavy atom. The fraction of sp³-hybridized carbons (Fsp3) is 0. The molecule has 0 spiro atoms. The zero-order valence-corrected chi connectivity index (χ0v) is 26.1. The first-order valence-corrected chi connectivity index (χ1v) is 17.1. The van der Waals surface area contributed by atoms with Crippen LogP contribution in [0, 0.1) is 0 Å². The average molecular weight is 622 g/mol. The van der Waals surface area contributed by atoms with Gasteiger partial charge in [-0.3, -0.25) is 0 Å². The average Bonchev–Trinajstić information content (AvgIpc) is 3.85. The molecule has 4 heteroatoms. The molecule has 0 radical (unpaired) electrons. The molecule has 0 aliphatic carbocycles. The van der Waals surface area contributed by atoms with Crippen LogP contribution in [0.4, 0.5) is 0 Å². The second kappa shape index (κ2) is 9.07. The number of hydrogen-bond donors (Lipinski definition) is 0. The molecular formula is C42H23NOS2. The molecule has 7 aromatic carbocycles. The van der Waals surface area contributed by atoms with Crippen molar-refractivity contribution in [3.8, 4) is 16.8 Å². The molecule has 0 saturated carbocycles. The van der Waals surface area contributed by atoms with Gasteiger partial charge in [-0.1, -0.05) is 72.8 Å². The van der Waals surface area contributed by atoms with Crippen molar-refractivity contribution in [1.29, 1.82) is 0 Å². The predicted octanol–water partition coefficient (Wildman–Crippen LogP) is 13.1. The molecule has 4 aromatic heterocycles. The molecule has 0 atom stereocenters. The Balaban J connectivity index is 1.18. The van der Waals surface area contributed by atoms with Crippen molar-refractivity contribution in [1.82, 2.24) is 4.57 Å². The van der Waals surface area contributed by atoms with Gasteiger partial charge in [0.05, 0.1) is 11.0 Å². The van der Waals surface area contributed by atoms with E-state index in [2.05, 4.69) is 132 Å². The SMILES string of the molecule is c1ccc2c(c1)oc1cc(-c3cccc4sc5ccc(-n6c7ccccc7c7cc8sc9ccccc9c8cc76)cc5c34)ccc12. The third-order valence-corrected chi connectivity index (χ3v) is 11.9. The summed E-state index contributed by atoms with van der Waals surface area (Å²) in [4.78, 5) is 0. The molecule has 2 nitrogen and oxygen atoms in total. The van der Waals surface area contributed by atoms with Gasteiger partial charge in [0, 0.05) is 67.6 Å². The van der Waals surface area contributed by atoms with E-state index in [4.69, 9.17) is 4.42 Å². The summed E-state index contributed by atoms with van der Waals surface area (Å²) in [6, 6.07) is 51.0. The monoisotopic (exact) mass is 621 g/mol. The number of aromatic nitrogens is 1. The molecular weight excluding hydrogens is 599 g/mol. The van der Waals surface area contributed by atoms with Crippen LogP contribution in [-0.2, 0) is 0 Å². The summed E-state index contributed by atoms with van der Waals surface area (Å²) in [6.07, 6.45) is 0. The van der Waals surface area contributed by atoms with Crippen LogP contribution in [0.5, 0.6) is 0 Å². The van der Waals surface area contributed by atoms with Crippen LogP contribution in [0.25, 0.3) is 101 Å². The van der Waals surface area contributed by atoms with Gasteiger partial charge in [0.2, 0.25) is 0 Å². The number of thiophene rings is 2. The highest BCUT2D eigenvalue weighted by Gasteiger charge is 2.18. The van der Waals surface area contributed by atoms with Crippen LogP contribution in [0.15, 0.2) is 144 Å². The van der Waals surface area contributed by atoms with Gasteiger partial charge < -0.3 is 8.98 Å². The standard InChI is InChI=1S/C42H23NOS2/c1-4-12-34-27(8-1)31-23-41-32(30-10-3-6-14-38(30)46-41)22-35(31)43(34)25-17-19-39-33(21-25)42-26(11-7-15-40(42)45-39)24-16-18-29-28-9-2-5-13-36(28)44-37(29)20-24/h1-23H. The van der Waals surface area contributed by atoms with Crippen molar-refractivity contribution in [2.75, 3.05) is 0 Å². The molecule has 11 aromatic rings. The number of hydrogen-bond acceptors (Lipinski definition) is 3. The Kier molecular flexibility index (Phi) is 4.90. The number of furan rings is 1. The second-order valence-electron chi connectivity index (χ2n) is 12.1. The van der Waals surface area contributed by atoms with Gasteiger partial charge in [0.15, 0.2) is 0 Å². The smallest absolute Gasteiger partial charge is 0.136 e. The molecule has 0 unspecified atom stereocenters. The van der Waals surface area contributed by atoms with E-state index in [0.29, 0.717) is 0 Å². The molecule has 214 valence electrons. The first kappa shape index (κ1) is 24.8. The summed E-state index contributed by atoms with van der Waals surface area (Å²) in [5.41, 5.74) is 7.91. The van der Waals surface area contributed by atoms with E-state index < -0.39 is 0 Å². The van der Waals surface area contributed by atoms with Crippen molar-refractivity contribution < 1.29 is 4.42 Å². The zero-order valence-electron chi connectivity index (χ0n) is 24.5. The van der Waals surface area contributed by atoms with Gasteiger partial charge in [-0.2, -0.15) is 0 Å². The minimum absolute atomic E-state index is 0.925. The van der Waals surface area contributed by atoms with Gasteiger partial charge in [0.25, 0.3) is 0 Å². The largest absolute Gasteiger partial charge is 0.456 e. The minimum Gasteiger partial charge on any atom is -0.456 e. The Morgan fingerprint density at radius 3 is 2.13 bits per heavy atom. The summed E-state index contributed by atoms with van der Waals surface area (Å²) in [7, 11) is 0. The van der Waals surface area contributed by atoms with Crippen LogP contribution >= 0.6 is 22.7 Å². The predicted molar refractivity (Wildman–Crippen MR) is 199 cm³/mol. The number of nitrogens with zero attached hydrogens (tertiary/aromatic N) is 1. The first-order chi connectivity index (χ1) is 22.8. The highest BCUT2D eigenvalue weighted by Crippen LogP contribution is 2.44. The van der Waals surface area contributed by atoms with Gasteiger partial charge >= 0.3 is 0 Å². The van der Waals surface area contributed by atoms with Gasteiger partial charge in [-0.05, 0) is 77.9 Å². The highest BCUT2D eigenvalue weighted by atomic mass is 32.1. The van der Waals surface area contributed by atoms with Crippen LogP contribution in [0.2, 0.25) is 0 Å². The molecule has 46 heavy (non-hydrogen) atoms. The summed E-state index contributed by atoms with van der Waals surface area (Å²) in [6.45, 7) is 0. The van der Waals surface area contributed by atoms with Crippen LogP contribution < -0.4 is 0 Å². The summed E-state index contributed by atoms with van der Waals surface area (Å²) in [5, 5.41) is 10.1. The third-order valence-electron chi connectivity index (χ3n) is 9.60. The molecule has 0 N–H and O–H groups in total. The molecule has 0 bridgehead atoms. The lowest BCUT2D eigenvalue weighted by Gasteiger charge is -2.10. The van der Waals surface area contributed by atoms with Gasteiger partial charge in [-0.25, -0.2) is 0 Å². The molecule has 0 fully saturated rings.